The van der Waals surface area contributed by atoms with E-state index in [1.54, 1.807) is 12.1 Å². The number of nitrogens with one attached hydrogen (secondary N) is 2. The lowest BCUT2D eigenvalue weighted by atomic mass is 10.2. The highest BCUT2D eigenvalue weighted by Crippen LogP contribution is 2.19. The van der Waals surface area contributed by atoms with E-state index in [0.717, 1.165) is 11.4 Å². The largest absolute Gasteiger partial charge is 0.325 e. The molecule has 0 unspecified atom stereocenters. The van der Waals surface area contributed by atoms with Crippen molar-refractivity contribution in [1.82, 2.24) is 5.32 Å². The zero-order valence-corrected chi connectivity index (χ0v) is 12.5. The van der Waals surface area contributed by atoms with Gasteiger partial charge in [0.2, 0.25) is 5.91 Å². The minimum absolute atomic E-state index is 0.148. The van der Waals surface area contributed by atoms with Crippen LogP contribution in [0.3, 0.4) is 0 Å². The van der Waals surface area contributed by atoms with Gasteiger partial charge in [0.15, 0.2) is 0 Å². The van der Waals surface area contributed by atoms with E-state index in [9.17, 15) is 9.18 Å². The summed E-state index contributed by atoms with van der Waals surface area (Å²) in [6, 6.07) is 13.9. The number of benzene rings is 2. The fourth-order valence-corrected chi connectivity index (χ4v) is 2.52. The lowest BCUT2D eigenvalue weighted by Gasteiger charge is -2.06. The highest BCUT2D eigenvalue weighted by molar-refractivity contribution is 8.00. The van der Waals surface area contributed by atoms with Gasteiger partial charge in [-0.3, -0.25) is 4.79 Å². The summed E-state index contributed by atoms with van der Waals surface area (Å²) in [4.78, 5) is 12.8. The Kier molecular flexibility index (Phi) is 5.78. The first-order valence-corrected chi connectivity index (χ1v) is 7.57. The number of hydrogen-bond acceptors (Lipinski definition) is 3. The second-order valence-electron chi connectivity index (χ2n) is 4.52. The van der Waals surface area contributed by atoms with Gasteiger partial charge in [0.1, 0.15) is 5.82 Å². The molecule has 5 heteroatoms. The number of carbonyl (C=O) groups excluding carboxylic acids is 1. The molecule has 2 aromatic rings. The minimum Gasteiger partial charge on any atom is -0.325 e. The number of rotatable bonds is 6. The maximum atomic E-state index is 13.0. The van der Waals surface area contributed by atoms with Crippen LogP contribution in [0.5, 0.6) is 0 Å². The summed E-state index contributed by atoms with van der Waals surface area (Å²) in [7, 11) is 1.90. The van der Waals surface area contributed by atoms with Gasteiger partial charge in [0, 0.05) is 17.1 Å². The summed E-state index contributed by atoms with van der Waals surface area (Å²) in [6.45, 7) is 0.824. The van der Waals surface area contributed by atoms with Crippen molar-refractivity contribution in [3.05, 3.63) is 59.9 Å². The molecule has 0 saturated heterocycles. The molecule has 0 saturated carbocycles. The van der Waals surface area contributed by atoms with E-state index in [-0.39, 0.29) is 11.7 Å². The number of hydrogen-bond donors (Lipinski definition) is 2. The smallest absolute Gasteiger partial charge is 0.234 e. The molecule has 0 aliphatic rings. The Morgan fingerprint density at radius 2 is 1.95 bits per heavy atom. The second kappa shape index (κ2) is 7.81. The zero-order valence-electron chi connectivity index (χ0n) is 11.7. The van der Waals surface area contributed by atoms with Gasteiger partial charge in [-0.05, 0) is 42.9 Å². The Morgan fingerprint density at radius 1 is 1.19 bits per heavy atom. The number of thioether (sulfide) groups is 1. The normalized spacial score (nSPS) is 10.4. The molecule has 0 aromatic heterocycles. The summed E-state index contributed by atoms with van der Waals surface area (Å²) in [6.07, 6.45) is 0. The van der Waals surface area contributed by atoms with Gasteiger partial charge in [-0.2, -0.15) is 0 Å². The molecule has 2 aromatic carbocycles. The molecule has 0 fully saturated rings. The Labute approximate surface area is 127 Å². The zero-order chi connectivity index (χ0) is 15.1. The van der Waals surface area contributed by atoms with Crippen molar-refractivity contribution in [3.8, 4) is 0 Å². The molecule has 0 radical (unpaired) electrons. The van der Waals surface area contributed by atoms with Crippen LogP contribution in [0.1, 0.15) is 5.56 Å². The maximum absolute atomic E-state index is 13.0. The number of amides is 1. The monoisotopic (exact) mass is 304 g/mol. The first kappa shape index (κ1) is 15.5. The molecule has 3 nitrogen and oxygen atoms in total. The van der Waals surface area contributed by atoms with Crippen molar-refractivity contribution in [1.29, 1.82) is 0 Å². The molecular formula is C16H17FN2OS. The van der Waals surface area contributed by atoms with Crippen molar-refractivity contribution in [3.63, 3.8) is 0 Å². The third kappa shape index (κ3) is 5.21. The van der Waals surface area contributed by atoms with Crippen LogP contribution in [0.4, 0.5) is 10.1 Å². The van der Waals surface area contributed by atoms with E-state index in [4.69, 9.17) is 0 Å². The van der Waals surface area contributed by atoms with Gasteiger partial charge >= 0.3 is 0 Å². The SMILES string of the molecule is CNCc1ccc(SCC(=O)Nc2cccc(F)c2)cc1. The third-order valence-corrected chi connectivity index (χ3v) is 3.79. The number of carbonyl (C=O) groups is 1. The van der Waals surface area contributed by atoms with Crippen LogP contribution in [0, 0.1) is 5.82 Å². The van der Waals surface area contributed by atoms with Gasteiger partial charge in [0.25, 0.3) is 0 Å². The fourth-order valence-electron chi connectivity index (χ4n) is 1.82. The topological polar surface area (TPSA) is 41.1 Å². The molecule has 2 rings (SSSR count). The minimum atomic E-state index is -0.361. The van der Waals surface area contributed by atoms with Crippen LogP contribution < -0.4 is 10.6 Å². The standard InChI is InChI=1S/C16H17FN2OS/c1-18-10-12-5-7-15(8-6-12)21-11-16(20)19-14-4-2-3-13(17)9-14/h2-9,18H,10-11H2,1H3,(H,19,20). The molecule has 0 aliphatic heterocycles. The molecule has 0 aliphatic carbocycles. The molecule has 110 valence electrons. The highest BCUT2D eigenvalue weighted by atomic mass is 32.2. The molecule has 0 spiro atoms. The predicted octanol–water partition coefficient (Wildman–Crippen LogP) is 3.28. The van der Waals surface area contributed by atoms with E-state index in [0.29, 0.717) is 11.4 Å². The van der Waals surface area contributed by atoms with E-state index in [1.807, 2.05) is 31.3 Å². The second-order valence-corrected chi connectivity index (χ2v) is 5.57. The summed E-state index contributed by atoms with van der Waals surface area (Å²) in [5.74, 6) is -0.215. The maximum Gasteiger partial charge on any atom is 0.234 e. The van der Waals surface area contributed by atoms with E-state index >= 15 is 0 Å². The van der Waals surface area contributed by atoms with Gasteiger partial charge in [-0.1, -0.05) is 18.2 Å². The van der Waals surface area contributed by atoms with Crippen LogP contribution in [0.2, 0.25) is 0 Å². The number of halogens is 1. The van der Waals surface area contributed by atoms with Gasteiger partial charge < -0.3 is 10.6 Å². The molecule has 1 amide bonds. The van der Waals surface area contributed by atoms with E-state index < -0.39 is 0 Å². The molecular weight excluding hydrogens is 287 g/mol. The first-order valence-electron chi connectivity index (χ1n) is 6.59. The summed E-state index contributed by atoms with van der Waals surface area (Å²) in [5, 5.41) is 5.76. The highest BCUT2D eigenvalue weighted by Gasteiger charge is 2.04. The van der Waals surface area contributed by atoms with Crippen molar-refractivity contribution in [2.75, 3.05) is 18.1 Å². The first-order chi connectivity index (χ1) is 10.2. The van der Waals surface area contributed by atoms with Crippen LogP contribution in [0.15, 0.2) is 53.4 Å². The van der Waals surface area contributed by atoms with E-state index in [2.05, 4.69) is 10.6 Å². The Bertz CT molecular complexity index is 601. The lowest BCUT2D eigenvalue weighted by Crippen LogP contribution is -2.14. The average molecular weight is 304 g/mol. The quantitative estimate of drug-likeness (QED) is 0.805. The van der Waals surface area contributed by atoms with Crippen molar-refractivity contribution in [2.24, 2.45) is 0 Å². The van der Waals surface area contributed by atoms with Crippen molar-refractivity contribution < 1.29 is 9.18 Å². The molecule has 0 atom stereocenters. The lowest BCUT2D eigenvalue weighted by molar-refractivity contribution is -0.113. The Hall–Kier alpha value is -1.85. The average Bonchev–Trinajstić information content (AvgIpc) is 2.47. The Morgan fingerprint density at radius 3 is 2.62 bits per heavy atom. The molecule has 0 heterocycles. The molecule has 0 bridgehead atoms. The van der Waals surface area contributed by atoms with Crippen LogP contribution >= 0.6 is 11.8 Å². The summed E-state index contributed by atoms with van der Waals surface area (Å²) < 4.78 is 13.0. The number of anilines is 1. The predicted molar refractivity (Wildman–Crippen MR) is 85.0 cm³/mol. The van der Waals surface area contributed by atoms with Crippen molar-refractivity contribution >= 4 is 23.4 Å². The van der Waals surface area contributed by atoms with Gasteiger partial charge in [-0.25, -0.2) is 4.39 Å². The summed E-state index contributed by atoms with van der Waals surface area (Å²) >= 11 is 1.45. The van der Waals surface area contributed by atoms with Gasteiger partial charge in [0.05, 0.1) is 5.75 Å². The third-order valence-electron chi connectivity index (χ3n) is 2.78. The van der Waals surface area contributed by atoms with E-state index in [1.165, 1.54) is 29.5 Å². The molecule has 21 heavy (non-hydrogen) atoms. The van der Waals surface area contributed by atoms with Crippen LogP contribution in [-0.4, -0.2) is 18.7 Å². The summed E-state index contributed by atoms with van der Waals surface area (Å²) in [5.41, 5.74) is 1.68. The molecule has 2 N–H and O–H groups in total. The van der Waals surface area contributed by atoms with Gasteiger partial charge in [-0.15, -0.1) is 11.8 Å². The Balaban J connectivity index is 1.83. The van der Waals surface area contributed by atoms with Crippen LogP contribution in [0.25, 0.3) is 0 Å². The fraction of sp³-hybridized carbons (Fsp3) is 0.188. The van der Waals surface area contributed by atoms with Crippen LogP contribution in [-0.2, 0) is 11.3 Å². The van der Waals surface area contributed by atoms with Crippen molar-refractivity contribution in [2.45, 2.75) is 11.4 Å².